The standard InChI is InChI=1S/C17H22BrClN2O3/c1-5-17(18)20-13(16(23)24)14(21(17)9(2)3)15(22)12-7-6-11(19)8-10(12)4/h6-9,15,20,22H,5H2,1-4H3,(H,23,24). The van der Waals surface area contributed by atoms with E-state index < -0.39 is 16.6 Å². The third kappa shape index (κ3) is 3.27. The first-order valence-electron chi connectivity index (χ1n) is 7.80. The van der Waals surface area contributed by atoms with Crippen LogP contribution < -0.4 is 5.32 Å². The van der Waals surface area contributed by atoms with E-state index in [9.17, 15) is 15.0 Å². The van der Waals surface area contributed by atoms with Crippen molar-refractivity contribution in [3.05, 3.63) is 45.7 Å². The van der Waals surface area contributed by atoms with E-state index in [0.717, 1.165) is 5.56 Å². The van der Waals surface area contributed by atoms with Gasteiger partial charge in [-0.25, -0.2) is 4.79 Å². The number of rotatable bonds is 5. The predicted molar refractivity (Wildman–Crippen MR) is 97.9 cm³/mol. The first-order chi connectivity index (χ1) is 11.1. The molecule has 0 saturated heterocycles. The van der Waals surface area contributed by atoms with Crippen LogP contribution in [0.4, 0.5) is 0 Å². The lowest BCUT2D eigenvalue weighted by Crippen LogP contribution is -2.50. The summed E-state index contributed by atoms with van der Waals surface area (Å²) < 4.78 is -0.745. The minimum Gasteiger partial charge on any atom is -0.477 e. The fourth-order valence-corrected chi connectivity index (χ4v) is 4.12. The quantitative estimate of drug-likeness (QED) is 0.503. The van der Waals surface area contributed by atoms with Crippen LogP contribution in [0.5, 0.6) is 0 Å². The van der Waals surface area contributed by atoms with Crippen LogP contribution in [0.3, 0.4) is 0 Å². The summed E-state index contributed by atoms with van der Waals surface area (Å²) in [5.41, 5.74) is 1.79. The fourth-order valence-electron chi connectivity index (χ4n) is 3.10. The molecule has 1 aliphatic rings. The number of carboxylic acids is 1. The van der Waals surface area contributed by atoms with Crippen LogP contribution in [0.1, 0.15) is 44.4 Å². The van der Waals surface area contributed by atoms with Gasteiger partial charge in [-0.05, 0) is 66.4 Å². The van der Waals surface area contributed by atoms with Crippen molar-refractivity contribution in [2.24, 2.45) is 0 Å². The van der Waals surface area contributed by atoms with Gasteiger partial charge in [-0.3, -0.25) is 0 Å². The van der Waals surface area contributed by atoms with Crippen molar-refractivity contribution >= 4 is 33.5 Å². The van der Waals surface area contributed by atoms with Gasteiger partial charge in [-0.15, -0.1) is 0 Å². The molecule has 0 aromatic heterocycles. The summed E-state index contributed by atoms with van der Waals surface area (Å²) in [7, 11) is 0. The second-order valence-electron chi connectivity index (χ2n) is 6.17. The van der Waals surface area contributed by atoms with Gasteiger partial charge in [0, 0.05) is 11.1 Å². The lowest BCUT2D eigenvalue weighted by molar-refractivity contribution is -0.133. The molecule has 132 valence electrons. The maximum atomic E-state index is 11.8. The number of hydrogen-bond donors (Lipinski definition) is 3. The summed E-state index contributed by atoms with van der Waals surface area (Å²) in [6.45, 7) is 7.70. The van der Waals surface area contributed by atoms with Gasteiger partial charge in [-0.1, -0.05) is 24.6 Å². The average Bonchev–Trinajstić information content (AvgIpc) is 2.81. The van der Waals surface area contributed by atoms with E-state index in [0.29, 0.717) is 22.7 Å². The first kappa shape index (κ1) is 19.1. The maximum absolute atomic E-state index is 11.8. The van der Waals surface area contributed by atoms with E-state index in [2.05, 4.69) is 21.2 Å². The summed E-state index contributed by atoms with van der Waals surface area (Å²) in [4.78, 5) is 13.6. The molecular formula is C17H22BrClN2O3. The Kier molecular flexibility index (Phi) is 5.52. The van der Waals surface area contributed by atoms with Crippen LogP contribution in [0.2, 0.25) is 5.02 Å². The van der Waals surface area contributed by atoms with Gasteiger partial charge in [0.05, 0.1) is 5.70 Å². The number of aliphatic hydroxyl groups is 1. The topological polar surface area (TPSA) is 72.8 Å². The van der Waals surface area contributed by atoms with Crippen LogP contribution in [-0.2, 0) is 4.79 Å². The number of carboxylic acid groups (broad SMARTS) is 1. The smallest absolute Gasteiger partial charge is 0.353 e. The Morgan fingerprint density at radius 3 is 2.54 bits per heavy atom. The number of nitrogens with zero attached hydrogens (tertiary/aromatic N) is 1. The highest BCUT2D eigenvalue weighted by Crippen LogP contribution is 2.43. The van der Waals surface area contributed by atoms with Crippen LogP contribution in [-0.4, -0.2) is 31.7 Å². The van der Waals surface area contributed by atoms with Crippen molar-refractivity contribution in [3.8, 4) is 0 Å². The van der Waals surface area contributed by atoms with Crippen molar-refractivity contribution < 1.29 is 15.0 Å². The maximum Gasteiger partial charge on any atom is 0.353 e. The molecule has 3 N–H and O–H groups in total. The number of alkyl halides is 1. The average molecular weight is 418 g/mol. The summed E-state index contributed by atoms with van der Waals surface area (Å²) in [5.74, 6) is -1.10. The molecule has 0 fully saturated rings. The van der Waals surface area contributed by atoms with Gasteiger partial charge in [0.1, 0.15) is 11.8 Å². The monoisotopic (exact) mass is 416 g/mol. The Bertz CT molecular complexity index is 692. The number of aliphatic hydroxyl groups excluding tert-OH is 1. The van der Waals surface area contributed by atoms with Crippen molar-refractivity contribution in [2.45, 2.75) is 50.8 Å². The van der Waals surface area contributed by atoms with Crippen LogP contribution in [0.15, 0.2) is 29.6 Å². The molecule has 0 bridgehead atoms. The molecule has 7 heteroatoms. The normalized spacial score (nSPS) is 22.1. The molecule has 5 nitrogen and oxygen atoms in total. The number of halogens is 2. The van der Waals surface area contributed by atoms with Gasteiger partial charge in [0.2, 0.25) is 0 Å². The molecule has 1 aromatic carbocycles. The Morgan fingerprint density at radius 1 is 1.46 bits per heavy atom. The molecule has 0 amide bonds. The van der Waals surface area contributed by atoms with Gasteiger partial charge in [-0.2, -0.15) is 0 Å². The minimum absolute atomic E-state index is 0.00396. The second kappa shape index (κ2) is 6.94. The summed E-state index contributed by atoms with van der Waals surface area (Å²) >= 11 is 9.60. The first-order valence-corrected chi connectivity index (χ1v) is 8.97. The zero-order valence-corrected chi connectivity index (χ0v) is 16.4. The molecule has 0 spiro atoms. The molecule has 1 aromatic rings. The van der Waals surface area contributed by atoms with Crippen molar-refractivity contribution in [1.29, 1.82) is 0 Å². The number of benzene rings is 1. The van der Waals surface area contributed by atoms with Gasteiger partial charge in [0.15, 0.2) is 4.57 Å². The van der Waals surface area contributed by atoms with E-state index in [4.69, 9.17) is 11.6 Å². The van der Waals surface area contributed by atoms with E-state index in [-0.39, 0.29) is 11.7 Å². The van der Waals surface area contributed by atoms with E-state index in [1.54, 1.807) is 18.2 Å². The second-order valence-corrected chi connectivity index (χ2v) is 7.92. The van der Waals surface area contributed by atoms with Crippen LogP contribution >= 0.6 is 27.5 Å². The lowest BCUT2D eigenvalue weighted by Gasteiger charge is -2.40. The molecule has 2 unspecified atom stereocenters. The Balaban J connectivity index is 2.60. The van der Waals surface area contributed by atoms with E-state index >= 15 is 0 Å². The predicted octanol–water partition coefficient (Wildman–Crippen LogP) is 3.75. The molecule has 1 heterocycles. The summed E-state index contributed by atoms with van der Waals surface area (Å²) in [5, 5.41) is 24.2. The number of nitrogens with one attached hydrogen (secondary N) is 1. The zero-order valence-electron chi connectivity index (χ0n) is 14.1. The molecule has 2 rings (SSSR count). The Labute approximate surface area is 155 Å². The zero-order chi connectivity index (χ0) is 18.2. The highest BCUT2D eigenvalue weighted by molar-refractivity contribution is 9.10. The number of carbonyl (C=O) groups is 1. The third-order valence-corrected chi connectivity index (χ3v) is 5.57. The number of hydrogen-bond acceptors (Lipinski definition) is 4. The van der Waals surface area contributed by atoms with Crippen molar-refractivity contribution in [2.75, 3.05) is 0 Å². The SMILES string of the molecule is CCC1(Br)NC(C(=O)O)=C(C(O)c2ccc(Cl)cc2C)N1C(C)C. The molecule has 0 radical (unpaired) electrons. The van der Waals surface area contributed by atoms with E-state index in [1.807, 2.05) is 32.6 Å². The Morgan fingerprint density at radius 2 is 2.08 bits per heavy atom. The molecule has 2 atom stereocenters. The Hall–Kier alpha value is -1.24. The highest BCUT2D eigenvalue weighted by Gasteiger charge is 2.47. The van der Waals surface area contributed by atoms with Crippen LogP contribution in [0, 0.1) is 6.92 Å². The van der Waals surface area contributed by atoms with E-state index in [1.165, 1.54) is 0 Å². The molecule has 1 aliphatic heterocycles. The minimum atomic E-state index is -1.10. The van der Waals surface area contributed by atoms with Crippen LogP contribution in [0.25, 0.3) is 0 Å². The summed E-state index contributed by atoms with van der Waals surface area (Å²) in [6, 6.07) is 5.15. The number of aryl methyl sites for hydroxylation is 1. The molecule has 0 saturated carbocycles. The number of aliphatic carboxylic acids is 1. The highest BCUT2D eigenvalue weighted by atomic mass is 79.9. The largest absolute Gasteiger partial charge is 0.477 e. The summed E-state index contributed by atoms with van der Waals surface area (Å²) in [6.07, 6.45) is -0.466. The van der Waals surface area contributed by atoms with Crippen molar-refractivity contribution in [3.63, 3.8) is 0 Å². The molecular weight excluding hydrogens is 396 g/mol. The third-order valence-electron chi connectivity index (χ3n) is 4.20. The molecule has 24 heavy (non-hydrogen) atoms. The van der Waals surface area contributed by atoms with Gasteiger partial charge >= 0.3 is 5.97 Å². The van der Waals surface area contributed by atoms with Gasteiger partial charge in [0.25, 0.3) is 0 Å². The lowest BCUT2D eigenvalue weighted by atomic mass is 9.99. The van der Waals surface area contributed by atoms with Gasteiger partial charge < -0.3 is 20.4 Å². The fraction of sp³-hybridized carbons (Fsp3) is 0.471. The molecule has 0 aliphatic carbocycles. The van der Waals surface area contributed by atoms with Crippen molar-refractivity contribution in [1.82, 2.24) is 10.2 Å².